The second kappa shape index (κ2) is 4.86. The van der Waals surface area contributed by atoms with Gasteiger partial charge in [0.1, 0.15) is 6.04 Å². The van der Waals surface area contributed by atoms with Gasteiger partial charge in [0.25, 0.3) is 0 Å². The summed E-state index contributed by atoms with van der Waals surface area (Å²) in [4.78, 5) is 12.7. The van der Waals surface area contributed by atoms with Crippen molar-refractivity contribution in [2.75, 3.05) is 5.32 Å². The highest BCUT2D eigenvalue weighted by Crippen LogP contribution is 2.46. The average molecular weight is 300 g/mol. The van der Waals surface area contributed by atoms with Crippen LogP contribution in [0.1, 0.15) is 28.8 Å². The quantitative estimate of drug-likeness (QED) is 0.798. The number of carbonyl (C=O) groups is 1. The summed E-state index contributed by atoms with van der Waals surface area (Å²) < 4.78 is 0. The first-order valence-electron chi connectivity index (χ1n) is 7.12. The number of para-hydroxylation sites is 1. The van der Waals surface area contributed by atoms with Crippen LogP contribution in [0.3, 0.4) is 0 Å². The highest BCUT2D eigenvalue weighted by molar-refractivity contribution is 7.10. The zero-order valence-corrected chi connectivity index (χ0v) is 12.1. The molecule has 3 heterocycles. The SMILES string of the molecule is O=C(O)[C@@H]1C[C@@H]2c3ccccc3N[C@H]2[C@@H](c2cccs2)N1. The van der Waals surface area contributed by atoms with Crippen molar-refractivity contribution in [3.05, 3.63) is 52.2 Å². The number of anilines is 1. The Morgan fingerprint density at radius 3 is 2.86 bits per heavy atom. The largest absolute Gasteiger partial charge is 0.480 e. The van der Waals surface area contributed by atoms with Crippen LogP contribution in [-0.2, 0) is 4.79 Å². The van der Waals surface area contributed by atoms with Crippen LogP contribution in [0, 0.1) is 0 Å². The number of thiophene rings is 1. The number of carboxylic acids is 1. The van der Waals surface area contributed by atoms with Gasteiger partial charge in [-0.1, -0.05) is 24.3 Å². The van der Waals surface area contributed by atoms with Crippen molar-refractivity contribution < 1.29 is 9.90 Å². The van der Waals surface area contributed by atoms with E-state index in [0.29, 0.717) is 6.42 Å². The van der Waals surface area contributed by atoms with Gasteiger partial charge in [0.05, 0.1) is 12.1 Å². The van der Waals surface area contributed by atoms with Crippen molar-refractivity contribution in [1.29, 1.82) is 0 Å². The van der Waals surface area contributed by atoms with E-state index in [0.717, 1.165) is 5.69 Å². The lowest BCUT2D eigenvalue weighted by atomic mass is 9.81. The fraction of sp³-hybridized carbons (Fsp3) is 0.312. The number of benzene rings is 1. The molecule has 0 unspecified atom stereocenters. The second-order valence-electron chi connectivity index (χ2n) is 5.65. The Morgan fingerprint density at radius 1 is 1.24 bits per heavy atom. The van der Waals surface area contributed by atoms with Crippen molar-refractivity contribution in [3.63, 3.8) is 0 Å². The van der Waals surface area contributed by atoms with E-state index in [1.165, 1.54) is 10.4 Å². The van der Waals surface area contributed by atoms with Gasteiger partial charge in [0.15, 0.2) is 0 Å². The summed E-state index contributed by atoms with van der Waals surface area (Å²) in [5, 5.41) is 18.4. The Hall–Kier alpha value is -1.85. The third-order valence-electron chi connectivity index (χ3n) is 4.49. The molecular formula is C16H16N2O2S. The van der Waals surface area contributed by atoms with E-state index in [1.807, 2.05) is 23.6 Å². The molecule has 3 N–H and O–H groups in total. The molecule has 0 saturated carbocycles. The Bertz CT molecular complexity index is 663. The van der Waals surface area contributed by atoms with Gasteiger partial charge in [-0.25, -0.2) is 0 Å². The Kier molecular flexibility index (Phi) is 2.97. The molecule has 5 heteroatoms. The zero-order chi connectivity index (χ0) is 14.4. The van der Waals surface area contributed by atoms with Crippen LogP contribution >= 0.6 is 11.3 Å². The van der Waals surface area contributed by atoms with Crippen LogP contribution in [0.4, 0.5) is 5.69 Å². The minimum absolute atomic E-state index is 0.0391. The molecule has 1 aromatic heterocycles. The Balaban J connectivity index is 1.75. The number of piperidine rings is 1. The van der Waals surface area contributed by atoms with Gasteiger partial charge in [-0.15, -0.1) is 11.3 Å². The van der Waals surface area contributed by atoms with E-state index in [9.17, 15) is 9.90 Å². The molecule has 108 valence electrons. The van der Waals surface area contributed by atoms with Crippen LogP contribution in [0.25, 0.3) is 0 Å². The molecular weight excluding hydrogens is 284 g/mol. The zero-order valence-electron chi connectivity index (χ0n) is 11.3. The minimum atomic E-state index is -0.764. The monoisotopic (exact) mass is 300 g/mol. The predicted molar refractivity (Wildman–Crippen MR) is 82.8 cm³/mol. The minimum Gasteiger partial charge on any atom is -0.480 e. The van der Waals surface area contributed by atoms with Gasteiger partial charge in [0, 0.05) is 16.5 Å². The number of fused-ring (bicyclic) bond motifs is 3. The van der Waals surface area contributed by atoms with Crippen LogP contribution in [0.2, 0.25) is 0 Å². The first-order valence-corrected chi connectivity index (χ1v) is 8.00. The molecule has 4 atom stereocenters. The van der Waals surface area contributed by atoms with Gasteiger partial charge < -0.3 is 10.4 Å². The van der Waals surface area contributed by atoms with Gasteiger partial charge in [-0.2, -0.15) is 0 Å². The van der Waals surface area contributed by atoms with E-state index in [2.05, 4.69) is 28.8 Å². The van der Waals surface area contributed by atoms with Crippen LogP contribution in [0.5, 0.6) is 0 Å². The smallest absolute Gasteiger partial charge is 0.320 e. The van der Waals surface area contributed by atoms with Crippen LogP contribution in [0.15, 0.2) is 41.8 Å². The van der Waals surface area contributed by atoms with Crippen molar-refractivity contribution >= 4 is 23.0 Å². The molecule has 1 fully saturated rings. The summed E-state index contributed by atoms with van der Waals surface area (Å²) >= 11 is 1.68. The van der Waals surface area contributed by atoms with Gasteiger partial charge in [0.2, 0.25) is 0 Å². The van der Waals surface area contributed by atoms with Crippen LogP contribution in [-0.4, -0.2) is 23.2 Å². The van der Waals surface area contributed by atoms with Crippen molar-refractivity contribution in [1.82, 2.24) is 5.32 Å². The molecule has 4 rings (SSSR count). The second-order valence-corrected chi connectivity index (χ2v) is 6.63. The molecule has 0 amide bonds. The topological polar surface area (TPSA) is 61.4 Å². The molecule has 4 nitrogen and oxygen atoms in total. The molecule has 0 bridgehead atoms. The lowest BCUT2D eigenvalue weighted by Crippen LogP contribution is -2.51. The fourth-order valence-corrected chi connectivity index (χ4v) is 4.39. The highest BCUT2D eigenvalue weighted by atomic mass is 32.1. The maximum atomic E-state index is 11.5. The number of hydrogen-bond donors (Lipinski definition) is 3. The Labute approximate surface area is 126 Å². The average Bonchev–Trinajstić information content (AvgIpc) is 3.13. The molecule has 0 aliphatic carbocycles. The highest BCUT2D eigenvalue weighted by Gasteiger charge is 2.45. The van der Waals surface area contributed by atoms with Crippen molar-refractivity contribution in [2.45, 2.75) is 30.5 Å². The van der Waals surface area contributed by atoms with Gasteiger partial charge in [-0.3, -0.25) is 10.1 Å². The number of hydrogen-bond acceptors (Lipinski definition) is 4. The lowest BCUT2D eigenvalue weighted by Gasteiger charge is -2.38. The van der Waals surface area contributed by atoms with Gasteiger partial charge >= 0.3 is 5.97 Å². The Morgan fingerprint density at radius 2 is 2.10 bits per heavy atom. The van der Waals surface area contributed by atoms with E-state index < -0.39 is 12.0 Å². The maximum Gasteiger partial charge on any atom is 0.320 e. The summed E-state index contributed by atoms with van der Waals surface area (Å²) in [6.07, 6.45) is 0.631. The summed E-state index contributed by atoms with van der Waals surface area (Å²) in [7, 11) is 0. The fourth-order valence-electron chi connectivity index (χ4n) is 3.56. The van der Waals surface area contributed by atoms with Crippen molar-refractivity contribution in [3.8, 4) is 0 Å². The molecule has 2 aliphatic heterocycles. The standard InChI is InChI=1S/C16H16N2O2S/c19-16(20)12-8-10-9-4-1-2-5-11(9)17-14(10)15(18-12)13-6-3-7-21-13/h1-7,10,12,14-15,17-18H,8H2,(H,19,20)/t10-,12+,14-,15-/m1/s1. The summed E-state index contributed by atoms with van der Waals surface area (Å²) in [6.45, 7) is 0. The maximum absolute atomic E-state index is 11.5. The first-order chi connectivity index (χ1) is 10.2. The van der Waals surface area contributed by atoms with Crippen molar-refractivity contribution in [2.24, 2.45) is 0 Å². The summed E-state index contributed by atoms with van der Waals surface area (Å²) in [5.74, 6) is -0.518. The third kappa shape index (κ3) is 2.04. The molecule has 0 radical (unpaired) electrons. The molecule has 2 aliphatic rings. The van der Waals surface area contributed by atoms with E-state index in [4.69, 9.17) is 0 Å². The normalized spacial score (nSPS) is 30.3. The molecule has 1 saturated heterocycles. The third-order valence-corrected chi connectivity index (χ3v) is 5.45. The first kappa shape index (κ1) is 12.9. The molecule has 1 aromatic carbocycles. The van der Waals surface area contributed by atoms with Gasteiger partial charge in [-0.05, 0) is 29.5 Å². The summed E-state index contributed by atoms with van der Waals surface area (Å²) in [5.41, 5.74) is 2.39. The van der Waals surface area contributed by atoms with E-state index >= 15 is 0 Å². The molecule has 21 heavy (non-hydrogen) atoms. The van der Waals surface area contributed by atoms with E-state index in [1.54, 1.807) is 11.3 Å². The number of carboxylic acid groups (broad SMARTS) is 1. The number of nitrogens with one attached hydrogen (secondary N) is 2. The molecule has 2 aromatic rings. The molecule has 0 spiro atoms. The number of aliphatic carboxylic acids is 1. The summed E-state index contributed by atoms with van der Waals surface area (Å²) in [6, 6.07) is 12.1. The lowest BCUT2D eigenvalue weighted by molar-refractivity contribution is -0.140. The predicted octanol–water partition coefficient (Wildman–Crippen LogP) is 2.81. The van der Waals surface area contributed by atoms with Crippen LogP contribution < -0.4 is 10.6 Å². The van der Waals surface area contributed by atoms with E-state index in [-0.39, 0.29) is 18.0 Å². The number of rotatable bonds is 2.